The van der Waals surface area contributed by atoms with Crippen LogP contribution in [0, 0.1) is 10.8 Å². The summed E-state index contributed by atoms with van der Waals surface area (Å²) in [6, 6.07) is 16.3. The number of carbonyl (C=O) groups is 2. The van der Waals surface area contributed by atoms with Gasteiger partial charge in [0.2, 0.25) is 0 Å². The lowest BCUT2D eigenvalue weighted by Crippen LogP contribution is -2.37. The third-order valence-corrected chi connectivity index (χ3v) is 8.45. The van der Waals surface area contributed by atoms with Gasteiger partial charge in [0.05, 0.1) is 52.7 Å². The van der Waals surface area contributed by atoms with Crippen molar-refractivity contribution in [1.82, 2.24) is 20.2 Å². The fourth-order valence-corrected chi connectivity index (χ4v) is 5.19. The van der Waals surface area contributed by atoms with E-state index >= 15 is 0 Å². The van der Waals surface area contributed by atoms with Gasteiger partial charge >= 0.3 is 5.97 Å². The van der Waals surface area contributed by atoms with Crippen molar-refractivity contribution in [3.05, 3.63) is 83.9 Å². The van der Waals surface area contributed by atoms with Crippen LogP contribution in [-0.2, 0) is 23.7 Å². The van der Waals surface area contributed by atoms with E-state index in [1.807, 2.05) is 37.3 Å². The van der Waals surface area contributed by atoms with E-state index in [2.05, 4.69) is 25.3 Å². The second kappa shape index (κ2) is 26.0. The number of benzene rings is 2. The van der Waals surface area contributed by atoms with Crippen molar-refractivity contribution in [3.63, 3.8) is 0 Å². The van der Waals surface area contributed by atoms with Crippen LogP contribution in [0.2, 0.25) is 0 Å². The predicted octanol–water partition coefficient (Wildman–Crippen LogP) is 6.04. The molecule has 294 valence electrons. The van der Waals surface area contributed by atoms with Crippen molar-refractivity contribution >= 4 is 29.2 Å². The van der Waals surface area contributed by atoms with Crippen LogP contribution < -0.4 is 15.4 Å². The van der Waals surface area contributed by atoms with Gasteiger partial charge in [0, 0.05) is 44.1 Å². The Labute approximate surface area is 319 Å². The first-order valence-electron chi connectivity index (χ1n) is 18.6. The first-order chi connectivity index (χ1) is 26.3. The van der Waals surface area contributed by atoms with Crippen LogP contribution in [0.5, 0.6) is 5.75 Å². The number of methoxy groups -OCH3 is 1. The average molecular weight is 748 g/mol. The number of rotatable bonds is 27. The quantitative estimate of drug-likeness (QED) is 0.0309. The third-order valence-electron chi connectivity index (χ3n) is 8.45. The number of anilines is 1. The van der Waals surface area contributed by atoms with E-state index in [1.165, 1.54) is 18.3 Å². The van der Waals surface area contributed by atoms with E-state index in [-0.39, 0.29) is 36.1 Å². The number of ether oxygens (including phenoxy) is 5. The molecule has 1 aromatic heterocycles. The normalized spacial score (nSPS) is 11.4. The molecule has 0 unspecified atom stereocenters. The van der Waals surface area contributed by atoms with Gasteiger partial charge in [0.1, 0.15) is 23.6 Å². The number of carbonyl (C=O) groups excluding carboxylic acids is 2. The highest BCUT2D eigenvalue weighted by atomic mass is 16.5. The molecule has 0 bridgehead atoms. The van der Waals surface area contributed by atoms with E-state index in [0.29, 0.717) is 69.6 Å². The number of nitrogens with one attached hydrogen (secondary N) is 4. The van der Waals surface area contributed by atoms with Crippen LogP contribution in [0.3, 0.4) is 0 Å². The van der Waals surface area contributed by atoms with Crippen LogP contribution in [0.4, 0.5) is 5.69 Å². The molecule has 0 fully saturated rings. The first kappa shape index (κ1) is 43.5. The maximum absolute atomic E-state index is 13.1. The lowest BCUT2D eigenvalue weighted by Gasteiger charge is -2.21. The van der Waals surface area contributed by atoms with Crippen LogP contribution >= 0.6 is 0 Å². The Kier molecular flexibility index (Phi) is 20.9. The Morgan fingerprint density at radius 1 is 0.815 bits per heavy atom. The van der Waals surface area contributed by atoms with Crippen molar-refractivity contribution in [3.8, 4) is 5.75 Å². The molecule has 3 rings (SSSR count). The van der Waals surface area contributed by atoms with Gasteiger partial charge in [-0.05, 0) is 81.0 Å². The van der Waals surface area contributed by atoms with Gasteiger partial charge in [-0.3, -0.25) is 20.4 Å². The second-order valence-corrected chi connectivity index (χ2v) is 12.6. The Balaban J connectivity index is 1.23. The molecule has 0 aliphatic carbocycles. The molecule has 0 saturated heterocycles. The lowest BCUT2D eigenvalue weighted by molar-refractivity contribution is -0.140. The number of hydrogen-bond acceptors (Lipinski definition) is 12. The first-order valence-corrected chi connectivity index (χ1v) is 18.6. The summed E-state index contributed by atoms with van der Waals surface area (Å²) in [5.74, 6) is 0.654. The molecule has 0 spiro atoms. The molecule has 2 aromatic carbocycles. The van der Waals surface area contributed by atoms with E-state index in [1.54, 1.807) is 37.5 Å². The maximum atomic E-state index is 13.1. The van der Waals surface area contributed by atoms with Crippen LogP contribution in [0.1, 0.15) is 85.9 Å². The van der Waals surface area contributed by atoms with E-state index in [9.17, 15) is 9.59 Å². The Morgan fingerprint density at radius 2 is 1.48 bits per heavy atom. The fourth-order valence-electron chi connectivity index (χ4n) is 5.19. The summed E-state index contributed by atoms with van der Waals surface area (Å²) in [7, 11) is 3.05. The third kappa shape index (κ3) is 17.3. The summed E-state index contributed by atoms with van der Waals surface area (Å²) < 4.78 is 27.4. The molecule has 1 amide bonds. The Bertz CT molecular complexity index is 1560. The van der Waals surface area contributed by atoms with Crippen LogP contribution in [-0.4, -0.2) is 105 Å². The highest BCUT2D eigenvalue weighted by molar-refractivity contribution is 6.06. The van der Waals surface area contributed by atoms with Crippen molar-refractivity contribution < 1.29 is 33.3 Å². The molecular weight excluding hydrogens is 690 g/mol. The molecule has 1 atom stereocenters. The number of hydrogen-bond donors (Lipinski definition) is 4. The molecular formula is C40H57N7O7. The molecule has 14 nitrogen and oxygen atoms in total. The van der Waals surface area contributed by atoms with E-state index in [4.69, 9.17) is 29.8 Å². The average Bonchev–Trinajstić information content (AvgIpc) is 3.20. The monoisotopic (exact) mass is 747 g/mol. The zero-order chi connectivity index (χ0) is 38.8. The lowest BCUT2D eigenvalue weighted by atomic mass is 10.1. The van der Waals surface area contributed by atoms with Crippen molar-refractivity contribution in [2.24, 2.45) is 0 Å². The molecule has 0 saturated carbocycles. The van der Waals surface area contributed by atoms with Crippen LogP contribution in [0.15, 0.2) is 67.1 Å². The number of nitrogens with zero attached hydrogens (tertiary/aromatic N) is 3. The minimum Gasteiger partial charge on any atom is -0.494 e. The molecule has 4 N–H and O–H groups in total. The van der Waals surface area contributed by atoms with Gasteiger partial charge in [-0.2, -0.15) is 0 Å². The second-order valence-electron chi connectivity index (χ2n) is 12.6. The van der Waals surface area contributed by atoms with Gasteiger partial charge < -0.3 is 39.2 Å². The zero-order valence-corrected chi connectivity index (χ0v) is 31.9. The van der Waals surface area contributed by atoms with E-state index < -0.39 is 0 Å². The molecule has 14 heteroatoms. The number of amides is 1. The highest BCUT2D eigenvalue weighted by Gasteiger charge is 2.15. The molecule has 54 heavy (non-hydrogen) atoms. The Morgan fingerprint density at radius 3 is 2.17 bits per heavy atom. The van der Waals surface area contributed by atoms with Gasteiger partial charge in [0.25, 0.3) is 5.91 Å². The topological polar surface area (TPSA) is 181 Å². The molecule has 0 aliphatic rings. The Hall–Kier alpha value is -4.92. The van der Waals surface area contributed by atoms with Gasteiger partial charge in [-0.15, -0.1) is 0 Å². The maximum Gasteiger partial charge on any atom is 0.305 e. The van der Waals surface area contributed by atoms with Crippen molar-refractivity contribution in [2.45, 2.75) is 64.3 Å². The summed E-state index contributed by atoms with van der Waals surface area (Å²) in [5, 5.41) is 22.9. The fraction of sp³-hybridized carbons (Fsp3) is 0.500. The largest absolute Gasteiger partial charge is 0.494 e. The smallest absolute Gasteiger partial charge is 0.305 e. The highest BCUT2D eigenvalue weighted by Crippen LogP contribution is 2.21. The summed E-state index contributed by atoms with van der Waals surface area (Å²) in [6.45, 7) is 6.31. The summed E-state index contributed by atoms with van der Waals surface area (Å²) in [4.78, 5) is 33.6. The van der Waals surface area contributed by atoms with Gasteiger partial charge in [-0.25, -0.2) is 9.97 Å². The number of amidine groups is 2. The molecule has 3 aromatic rings. The molecule has 0 aliphatic heterocycles. The number of aromatic nitrogens is 2. The van der Waals surface area contributed by atoms with Gasteiger partial charge in [-0.1, -0.05) is 31.0 Å². The van der Waals surface area contributed by atoms with Crippen LogP contribution in [0.25, 0.3) is 0 Å². The number of likely N-dealkylation sites (N-methyl/N-ethyl adjacent to an activating group) is 1. The number of unbranched alkanes of at least 4 members (excludes halogenated alkanes) is 5. The number of esters is 1. The summed E-state index contributed by atoms with van der Waals surface area (Å²) >= 11 is 0. The van der Waals surface area contributed by atoms with Crippen molar-refractivity contribution in [2.75, 3.05) is 72.3 Å². The van der Waals surface area contributed by atoms with Gasteiger partial charge in [0.15, 0.2) is 5.84 Å². The summed E-state index contributed by atoms with van der Waals surface area (Å²) in [6.07, 6.45) is 10.1. The van der Waals surface area contributed by atoms with E-state index in [0.717, 1.165) is 56.3 Å². The SMILES string of the molecule is COC(=O)CCCCCOCCOCCOCCCCCCOc1cccc([C@@H](C)NC(=O)c2cccc(NCC(=N)N(C)C(=N)c3ccncn3)c2)c1. The minimum absolute atomic E-state index is 0.0919. The predicted molar refractivity (Wildman–Crippen MR) is 209 cm³/mol. The molecule has 0 radical (unpaired) electrons. The summed E-state index contributed by atoms with van der Waals surface area (Å²) in [5.41, 5.74) is 2.54. The molecule has 1 heterocycles. The van der Waals surface area contributed by atoms with Crippen molar-refractivity contribution in [1.29, 1.82) is 10.8 Å². The standard InChI is InChI=1S/C40H57N7O7/c1-31(46-40(49)33-14-11-15-34(27-33)44-29-37(41)47(2)39(42)36-18-19-43-30-45-36)32-13-12-16-35(28-32)54-22-10-5-4-8-20-51-23-25-53-26-24-52-21-9-6-7-17-38(48)50-3/h11-16,18-19,27-28,30-31,41-42,44H,4-10,17,20-26,29H2,1-3H3,(H,46,49)/t31-/m1/s1. The zero-order valence-electron chi connectivity index (χ0n) is 31.9. The minimum atomic E-state index is -0.243.